The largest absolute Gasteiger partial charge is 0.467 e. The summed E-state index contributed by atoms with van der Waals surface area (Å²) in [5.74, 6) is 7.18. The van der Waals surface area contributed by atoms with Crippen LogP contribution in [0, 0.1) is 35.5 Å². The van der Waals surface area contributed by atoms with Crippen molar-refractivity contribution in [3.63, 3.8) is 0 Å². The van der Waals surface area contributed by atoms with Crippen LogP contribution in [0.2, 0.25) is 0 Å². The summed E-state index contributed by atoms with van der Waals surface area (Å²) in [6.07, 6.45) is 15.7. The van der Waals surface area contributed by atoms with Gasteiger partial charge in [0.15, 0.2) is 12.6 Å². The minimum Gasteiger partial charge on any atom is -0.467 e. The maximum Gasteiger partial charge on any atom is 0.331 e. The first-order valence-electron chi connectivity index (χ1n) is 15.1. The van der Waals surface area contributed by atoms with Crippen LogP contribution in [0.15, 0.2) is 36.0 Å². The molecule has 4 aliphatic rings. The van der Waals surface area contributed by atoms with Crippen molar-refractivity contribution in [2.45, 2.75) is 96.4 Å². The van der Waals surface area contributed by atoms with Gasteiger partial charge in [-0.2, -0.15) is 0 Å². The lowest BCUT2D eigenvalue weighted by Crippen LogP contribution is -2.32. The molecular weight excluding hydrogens is 508 g/mol. The van der Waals surface area contributed by atoms with Gasteiger partial charge in [-0.05, 0) is 87.2 Å². The zero-order valence-corrected chi connectivity index (χ0v) is 24.6. The van der Waals surface area contributed by atoms with E-state index in [-0.39, 0.29) is 49.2 Å². The first kappa shape index (κ1) is 31.0. The highest BCUT2D eigenvalue weighted by Crippen LogP contribution is 2.50. The molecule has 0 N–H and O–H groups in total. The predicted molar refractivity (Wildman–Crippen MR) is 153 cm³/mol. The number of fused-ring (bicyclic) bond motifs is 1. The molecule has 2 aliphatic heterocycles. The van der Waals surface area contributed by atoms with E-state index in [4.69, 9.17) is 23.7 Å². The predicted octanol–water partition coefficient (Wildman–Crippen LogP) is 5.74. The van der Waals surface area contributed by atoms with Crippen LogP contribution in [0.3, 0.4) is 0 Å². The molecule has 2 aliphatic carbocycles. The SMILES string of the molecule is C=C(COCC(=O)OC)C1=C[C@H]2C[C@@H](OC3CCCCO3)[C@H](/C=C/[C@@H](OC3CCCCO3)C(C)CC#CC)[C@H]2C1. The van der Waals surface area contributed by atoms with E-state index in [2.05, 4.69) is 48.3 Å². The number of rotatable bonds is 13. The van der Waals surface area contributed by atoms with E-state index in [0.29, 0.717) is 18.4 Å². The molecule has 3 fully saturated rings. The monoisotopic (exact) mass is 556 g/mol. The molecule has 7 nitrogen and oxygen atoms in total. The van der Waals surface area contributed by atoms with Crippen molar-refractivity contribution in [3.05, 3.63) is 36.0 Å². The number of carbonyl (C=O) groups is 1. The normalized spacial score (nSPS) is 31.6. The molecule has 0 aromatic heterocycles. The lowest BCUT2D eigenvalue weighted by molar-refractivity contribution is -0.193. The molecule has 0 aromatic carbocycles. The Balaban J connectivity index is 1.46. The van der Waals surface area contributed by atoms with Gasteiger partial charge in [-0.3, -0.25) is 0 Å². The first-order valence-corrected chi connectivity index (χ1v) is 15.1. The highest BCUT2D eigenvalue weighted by Gasteiger charge is 2.46. The van der Waals surface area contributed by atoms with E-state index in [0.717, 1.165) is 76.6 Å². The van der Waals surface area contributed by atoms with Crippen LogP contribution in [0.1, 0.15) is 71.6 Å². The van der Waals surface area contributed by atoms with Crippen LogP contribution in [0.5, 0.6) is 0 Å². The second-order valence-corrected chi connectivity index (χ2v) is 11.6. The van der Waals surface area contributed by atoms with Crippen LogP contribution >= 0.6 is 0 Å². The fraction of sp³-hybridized carbons (Fsp3) is 0.727. The summed E-state index contributed by atoms with van der Waals surface area (Å²) >= 11 is 0. The zero-order chi connectivity index (χ0) is 28.3. The Hall–Kier alpha value is -1.95. The average molecular weight is 557 g/mol. The number of carbonyl (C=O) groups excluding carboxylic acids is 1. The first-order chi connectivity index (χ1) is 19.5. The second-order valence-electron chi connectivity index (χ2n) is 11.6. The van der Waals surface area contributed by atoms with Gasteiger partial charge in [-0.1, -0.05) is 31.7 Å². The molecule has 222 valence electrons. The van der Waals surface area contributed by atoms with Gasteiger partial charge in [0.1, 0.15) is 6.61 Å². The Labute approximate surface area is 240 Å². The standard InChI is InChI=1S/C33H48O7/c1-5-6-11-23(2)29(39-32-12-7-9-16-37-32)15-14-27-28-19-25(24(3)21-36-22-31(34)35-4)18-26(28)20-30(27)40-33-13-8-10-17-38-33/h14-15,18,23,26-30,32-33H,3,7-13,16-17,19-22H2,1-2,4H3/b15-14+/t23?,26-,27+,28-,29+,30+,32?,33?/m0/s1. The summed E-state index contributed by atoms with van der Waals surface area (Å²) in [6.45, 7) is 10.1. The number of hydrogen-bond acceptors (Lipinski definition) is 7. The minimum atomic E-state index is -0.380. The molecule has 0 spiro atoms. The molecule has 4 rings (SSSR count). The maximum absolute atomic E-state index is 11.4. The second kappa shape index (κ2) is 15.9. The molecule has 0 radical (unpaired) electrons. The molecule has 7 heteroatoms. The van der Waals surface area contributed by atoms with Crippen molar-refractivity contribution in [3.8, 4) is 11.8 Å². The maximum atomic E-state index is 11.4. The summed E-state index contributed by atoms with van der Waals surface area (Å²) in [5.41, 5.74) is 2.15. The summed E-state index contributed by atoms with van der Waals surface area (Å²) < 4.78 is 35.2. The van der Waals surface area contributed by atoms with E-state index >= 15 is 0 Å². The molecule has 0 aromatic rings. The molecule has 40 heavy (non-hydrogen) atoms. The number of allylic oxidation sites excluding steroid dienone is 1. The lowest BCUT2D eigenvalue weighted by Gasteiger charge is -2.31. The highest BCUT2D eigenvalue weighted by atomic mass is 16.7. The number of ether oxygens (including phenoxy) is 6. The summed E-state index contributed by atoms with van der Waals surface area (Å²) in [7, 11) is 1.36. The van der Waals surface area contributed by atoms with Crippen LogP contribution in [0.4, 0.5) is 0 Å². The topological polar surface area (TPSA) is 72.5 Å². The Morgan fingerprint density at radius 3 is 2.58 bits per heavy atom. The van der Waals surface area contributed by atoms with E-state index in [1.807, 2.05) is 6.92 Å². The summed E-state index contributed by atoms with van der Waals surface area (Å²) in [6, 6.07) is 0. The third kappa shape index (κ3) is 8.77. The minimum absolute atomic E-state index is 0.0645. The summed E-state index contributed by atoms with van der Waals surface area (Å²) in [4.78, 5) is 11.4. The van der Waals surface area contributed by atoms with Crippen molar-refractivity contribution >= 4 is 5.97 Å². The highest BCUT2D eigenvalue weighted by molar-refractivity contribution is 5.70. The molecular formula is C33H48O7. The van der Waals surface area contributed by atoms with E-state index in [1.165, 1.54) is 12.7 Å². The Kier molecular flexibility index (Phi) is 12.3. The number of esters is 1. The van der Waals surface area contributed by atoms with Crippen molar-refractivity contribution < 1.29 is 33.2 Å². The van der Waals surface area contributed by atoms with Crippen molar-refractivity contribution in [2.75, 3.05) is 33.5 Å². The quantitative estimate of drug-likeness (QED) is 0.163. The zero-order valence-electron chi connectivity index (χ0n) is 24.6. The molecule has 1 saturated carbocycles. The fourth-order valence-electron chi connectivity index (χ4n) is 6.30. The molecule has 2 heterocycles. The van der Waals surface area contributed by atoms with Crippen LogP contribution in [0.25, 0.3) is 0 Å². The number of hydrogen-bond donors (Lipinski definition) is 0. The Morgan fingerprint density at radius 1 is 1.15 bits per heavy atom. The summed E-state index contributed by atoms with van der Waals surface area (Å²) in [5, 5.41) is 0. The lowest BCUT2D eigenvalue weighted by atomic mass is 9.87. The van der Waals surface area contributed by atoms with E-state index in [1.54, 1.807) is 0 Å². The Bertz CT molecular complexity index is 948. The third-order valence-corrected chi connectivity index (χ3v) is 8.62. The van der Waals surface area contributed by atoms with Crippen molar-refractivity contribution in [1.82, 2.24) is 0 Å². The third-order valence-electron chi connectivity index (χ3n) is 8.62. The van der Waals surface area contributed by atoms with Gasteiger partial charge in [-0.15, -0.1) is 11.8 Å². The van der Waals surface area contributed by atoms with Gasteiger partial charge in [0, 0.05) is 25.6 Å². The number of methoxy groups -OCH3 is 1. The smallest absolute Gasteiger partial charge is 0.331 e. The van der Waals surface area contributed by atoms with Crippen LogP contribution in [-0.2, 0) is 33.2 Å². The average Bonchev–Trinajstić information content (AvgIpc) is 3.53. The fourth-order valence-corrected chi connectivity index (χ4v) is 6.30. The Morgan fingerprint density at radius 2 is 1.90 bits per heavy atom. The van der Waals surface area contributed by atoms with Crippen LogP contribution < -0.4 is 0 Å². The molecule has 0 bridgehead atoms. The van der Waals surface area contributed by atoms with Crippen molar-refractivity contribution in [1.29, 1.82) is 0 Å². The molecule has 2 saturated heterocycles. The molecule has 3 unspecified atom stereocenters. The van der Waals surface area contributed by atoms with E-state index < -0.39 is 0 Å². The van der Waals surface area contributed by atoms with Gasteiger partial charge >= 0.3 is 5.97 Å². The molecule has 0 amide bonds. The van der Waals surface area contributed by atoms with E-state index in [9.17, 15) is 4.79 Å². The van der Waals surface area contributed by atoms with Gasteiger partial charge in [0.05, 0.1) is 25.9 Å². The van der Waals surface area contributed by atoms with Gasteiger partial charge in [0.2, 0.25) is 0 Å². The van der Waals surface area contributed by atoms with Crippen molar-refractivity contribution in [2.24, 2.45) is 23.7 Å². The van der Waals surface area contributed by atoms with Gasteiger partial charge < -0.3 is 28.4 Å². The van der Waals surface area contributed by atoms with Crippen LogP contribution in [-0.4, -0.2) is 64.3 Å². The van der Waals surface area contributed by atoms with Gasteiger partial charge in [0.25, 0.3) is 0 Å². The van der Waals surface area contributed by atoms with Gasteiger partial charge in [-0.25, -0.2) is 4.79 Å². The molecule has 8 atom stereocenters.